The molecular formula is C8H19NO. The summed E-state index contributed by atoms with van der Waals surface area (Å²) in [6.45, 7) is 6.31. The lowest BCUT2D eigenvalue weighted by Crippen LogP contribution is -2.31. The molecule has 1 saturated heterocycles. The topological polar surface area (TPSA) is 21.3 Å². The Morgan fingerprint density at radius 2 is 2.50 bits per heavy atom. The first-order valence-corrected chi connectivity index (χ1v) is 4.14. The molecule has 0 radical (unpaired) electrons. The third-order valence-corrected chi connectivity index (χ3v) is 1.78. The molecule has 0 aromatic rings. The van der Waals surface area contributed by atoms with Crippen LogP contribution in [-0.4, -0.2) is 25.3 Å². The van der Waals surface area contributed by atoms with Crippen LogP contribution in [0.1, 0.15) is 28.1 Å². The highest BCUT2D eigenvalue weighted by Crippen LogP contribution is 2.10. The van der Waals surface area contributed by atoms with E-state index in [0.29, 0.717) is 12.1 Å². The summed E-state index contributed by atoms with van der Waals surface area (Å²) in [5, 5.41) is 3.36. The normalized spacial score (nSPS) is 26.1. The quantitative estimate of drug-likeness (QED) is 0.648. The Morgan fingerprint density at radius 1 is 1.70 bits per heavy atom. The van der Waals surface area contributed by atoms with Crippen LogP contribution in [0.4, 0.5) is 0 Å². The van der Waals surface area contributed by atoms with E-state index in [1.54, 1.807) is 0 Å². The highest BCUT2D eigenvalue weighted by Gasteiger charge is 2.14. The van der Waals surface area contributed by atoms with Crippen molar-refractivity contribution in [1.82, 2.24) is 5.32 Å². The maximum Gasteiger partial charge on any atom is 0.0700 e. The molecule has 0 saturated carbocycles. The summed E-state index contributed by atoms with van der Waals surface area (Å²) >= 11 is 0. The number of hydrogen-bond donors (Lipinski definition) is 1. The molecule has 1 aliphatic heterocycles. The van der Waals surface area contributed by atoms with E-state index in [0.717, 1.165) is 13.2 Å². The summed E-state index contributed by atoms with van der Waals surface area (Å²) < 4.78 is 5.44. The minimum atomic E-state index is 0. The minimum absolute atomic E-state index is 0. The van der Waals surface area contributed by atoms with Crippen molar-refractivity contribution in [1.29, 1.82) is 0 Å². The molecule has 0 unspecified atom stereocenters. The highest BCUT2D eigenvalue weighted by molar-refractivity contribution is 4.68. The number of rotatable bonds is 3. The van der Waals surface area contributed by atoms with Gasteiger partial charge in [0, 0.05) is 20.6 Å². The van der Waals surface area contributed by atoms with Gasteiger partial charge in [-0.3, -0.25) is 0 Å². The van der Waals surface area contributed by atoms with E-state index in [-0.39, 0.29) is 1.43 Å². The van der Waals surface area contributed by atoms with Crippen molar-refractivity contribution in [2.75, 3.05) is 13.2 Å². The molecule has 1 rings (SSSR count). The average molecular weight is 145 g/mol. The molecule has 1 aliphatic rings. The van der Waals surface area contributed by atoms with Crippen molar-refractivity contribution < 1.29 is 6.16 Å². The maximum atomic E-state index is 5.44. The van der Waals surface area contributed by atoms with Crippen LogP contribution in [-0.2, 0) is 4.74 Å². The summed E-state index contributed by atoms with van der Waals surface area (Å²) in [6.07, 6.45) is 2.96. The fourth-order valence-corrected chi connectivity index (χ4v) is 1.17. The molecule has 1 N–H and O–H groups in total. The van der Waals surface area contributed by atoms with E-state index < -0.39 is 0 Å². The molecule has 0 aliphatic carbocycles. The molecule has 2 heteroatoms. The molecular weight excluding hydrogens is 126 g/mol. The van der Waals surface area contributed by atoms with Crippen LogP contribution in [0.15, 0.2) is 0 Å². The number of ether oxygens (including phenoxy) is 1. The predicted octanol–water partition coefficient (Wildman–Crippen LogP) is 1.41. The van der Waals surface area contributed by atoms with Gasteiger partial charge in [0.25, 0.3) is 0 Å². The monoisotopic (exact) mass is 145 g/mol. The van der Waals surface area contributed by atoms with Gasteiger partial charge in [0.2, 0.25) is 0 Å². The van der Waals surface area contributed by atoms with Crippen molar-refractivity contribution in [2.24, 2.45) is 0 Å². The van der Waals surface area contributed by atoms with Crippen LogP contribution in [0.25, 0.3) is 0 Å². The van der Waals surface area contributed by atoms with Crippen molar-refractivity contribution >= 4 is 0 Å². The van der Waals surface area contributed by atoms with Gasteiger partial charge in [-0.2, -0.15) is 0 Å². The van der Waals surface area contributed by atoms with Gasteiger partial charge in [-0.25, -0.2) is 0 Å². The standard InChI is InChI=1S/C8H17NO.H2/c1-7(2)9-6-8-4-3-5-10-8;/h7-9H,3-6H2,1-2H3;1H/t8-;/m1./s1. The van der Waals surface area contributed by atoms with E-state index in [9.17, 15) is 0 Å². The predicted molar refractivity (Wildman–Crippen MR) is 44.2 cm³/mol. The molecule has 0 spiro atoms. The first-order valence-electron chi connectivity index (χ1n) is 4.14. The van der Waals surface area contributed by atoms with Crippen LogP contribution < -0.4 is 5.32 Å². The molecule has 0 amide bonds. The van der Waals surface area contributed by atoms with Gasteiger partial charge in [0.1, 0.15) is 0 Å². The number of nitrogens with one attached hydrogen (secondary N) is 1. The molecule has 0 aromatic heterocycles. The molecule has 2 nitrogen and oxygen atoms in total. The Morgan fingerprint density at radius 3 is 3.00 bits per heavy atom. The Kier molecular flexibility index (Phi) is 3.16. The van der Waals surface area contributed by atoms with Gasteiger partial charge in [-0.1, -0.05) is 13.8 Å². The van der Waals surface area contributed by atoms with E-state index >= 15 is 0 Å². The lowest BCUT2D eigenvalue weighted by molar-refractivity contribution is 0.108. The first kappa shape index (κ1) is 8.02. The van der Waals surface area contributed by atoms with Crippen molar-refractivity contribution in [3.05, 3.63) is 0 Å². The van der Waals surface area contributed by atoms with Crippen LogP contribution in [0.2, 0.25) is 0 Å². The molecule has 1 fully saturated rings. The zero-order valence-corrected chi connectivity index (χ0v) is 6.89. The smallest absolute Gasteiger partial charge is 0.0700 e. The Balaban J connectivity index is 0.000001000. The highest BCUT2D eigenvalue weighted by atomic mass is 16.5. The SMILES string of the molecule is CC(C)NC[C@H]1CCCO1.[HH]. The summed E-state index contributed by atoms with van der Waals surface area (Å²) in [5.74, 6) is 0. The van der Waals surface area contributed by atoms with Gasteiger partial charge in [-0.05, 0) is 12.8 Å². The molecule has 62 valence electrons. The second-order valence-electron chi connectivity index (χ2n) is 3.20. The summed E-state index contributed by atoms with van der Waals surface area (Å²) in [6, 6.07) is 0.587. The Bertz CT molecular complexity index is 92.1. The average Bonchev–Trinajstić information content (AvgIpc) is 2.34. The van der Waals surface area contributed by atoms with Gasteiger partial charge in [-0.15, -0.1) is 0 Å². The Hall–Kier alpha value is -0.0800. The fourth-order valence-electron chi connectivity index (χ4n) is 1.17. The van der Waals surface area contributed by atoms with Crippen LogP contribution >= 0.6 is 0 Å². The molecule has 1 atom stereocenters. The van der Waals surface area contributed by atoms with Crippen LogP contribution in [0.5, 0.6) is 0 Å². The van der Waals surface area contributed by atoms with Crippen LogP contribution in [0, 0.1) is 0 Å². The molecule has 10 heavy (non-hydrogen) atoms. The second kappa shape index (κ2) is 3.94. The summed E-state index contributed by atoms with van der Waals surface area (Å²) in [4.78, 5) is 0. The molecule has 0 aromatic carbocycles. The summed E-state index contributed by atoms with van der Waals surface area (Å²) in [7, 11) is 0. The van der Waals surface area contributed by atoms with Gasteiger partial charge < -0.3 is 10.1 Å². The zero-order chi connectivity index (χ0) is 7.40. The zero-order valence-electron chi connectivity index (χ0n) is 6.89. The van der Waals surface area contributed by atoms with Crippen molar-refractivity contribution in [3.63, 3.8) is 0 Å². The third-order valence-electron chi connectivity index (χ3n) is 1.78. The fraction of sp³-hybridized carbons (Fsp3) is 1.00. The van der Waals surface area contributed by atoms with Crippen LogP contribution in [0.3, 0.4) is 0 Å². The Labute approximate surface area is 64.4 Å². The summed E-state index contributed by atoms with van der Waals surface area (Å²) in [5.41, 5.74) is 0. The minimum Gasteiger partial charge on any atom is -0.377 e. The van der Waals surface area contributed by atoms with Crippen molar-refractivity contribution in [2.45, 2.75) is 38.8 Å². The molecule has 0 bridgehead atoms. The van der Waals surface area contributed by atoms with Gasteiger partial charge >= 0.3 is 0 Å². The third kappa shape index (κ3) is 2.67. The van der Waals surface area contributed by atoms with E-state index in [1.807, 2.05) is 0 Å². The lowest BCUT2D eigenvalue weighted by atomic mass is 10.2. The molecule has 1 heterocycles. The lowest BCUT2D eigenvalue weighted by Gasteiger charge is -2.12. The number of hydrogen-bond acceptors (Lipinski definition) is 2. The largest absolute Gasteiger partial charge is 0.377 e. The van der Waals surface area contributed by atoms with Crippen molar-refractivity contribution in [3.8, 4) is 0 Å². The maximum absolute atomic E-state index is 5.44. The van der Waals surface area contributed by atoms with E-state index in [1.165, 1.54) is 12.8 Å². The van der Waals surface area contributed by atoms with Gasteiger partial charge in [0.15, 0.2) is 0 Å². The van der Waals surface area contributed by atoms with E-state index in [4.69, 9.17) is 4.74 Å². The second-order valence-corrected chi connectivity index (χ2v) is 3.20. The first-order chi connectivity index (χ1) is 4.79. The van der Waals surface area contributed by atoms with E-state index in [2.05, 4.69) is 19.2 Å². The van der Waals surface area contributed by atoms with Gasteiger partial charge in [0.05, 0.1) is 6.10 Å².